The lowest BCUT2D eigenvalue weighted by Crippen LogP contribution is -2.31. The average molecular weight is 260 g/mol. The minimum absolute atomic E-state index is 0.130. The van der Waals surface area contributed by atoms with Crippen LogP contribution in [-0.4, -0.2) is 38.3 Å². The Balaban J connectivity index is 1.75. The Morgan fingerprint density at radius 2 is 2.26 bits per heavy atom. The van der Waals surface area contributed by atoms with Gasteiger partial charge in [0.2, 0.25) is 11.7 Å². The molecule has 1 saturated heterocycles. The average Bonchev–Trinajstić information content (AvgIpc) is 2.99. The Labute approximate surface area is 106 Å². The van der Waals surface area contributed by atoms with Crippen LogP contribution in [0.1, 0.15) is 5.89 Å². The van der Waals surface area contributed by atoms with Crippen LogP contribution in [0.5, 0.6) is 0 Å². The Morgan fingerprint density at radius 3 is 2.95 bits per heavy atom. The smallest absolute Gasteiger partial charge is 0.322 e. The topological polar surface area (TPSA) is 123 Å². The maximum absolute atomic E-state index is 11.4. The van der Waals surface area contributed by atoms with Gasteiger partial charge < -0.3 is 9.84 Å². The quantitative estimate of drug-likeness (QED) is 0.698. The Kier molecular flexibility index (Phi) is 2.63. The van der Waals surface area contributed by atoms with Gasteiger partial charge in [0.25, 0.3) is 5.91 Å². The highest BCUT2D eigenvalue weighted by molar-refractivity contribution is 6.04. The van der Waals surface area contributed by atoms with Gasteiger partial charge >= 0.3 is 6.03 Å². The number of hydrogen-bond donors (Lipinski definition) is 2. The zero-order valence-electron chi connectivity index (χ0n) is 9.53. The first-order valence-electron chi connectivity index (χ1n) is 5.44. The molecule has 1 aliphatic heterocycles. The highest BCUT2D eigenvalue weighted by Crippen LogP contribution is 2.12. The first-order valence-corrected chi connectivity index (χ1v) is 5.44. The van der Waals surface area contributed by atoms with Crippen LogP contribution in [0.25, 0.3) is 11.5 Å². The molecule has 0 aromatic carbocycles. The van der Waals surface area contributed by atoms with Crippen LogP contribution in [0, 0.1) is 0 Å². The molecule has 3 rings (SSSR count). The van der Waals surface area contributed by atoms with Gasteiger partial charge in [-0.2, -0.15) is 10.1 Å². The number of carbonyl (C=O) groups is 2. The molecule has 2 aromatic heterocycles. The summed E-state index contributed by atoms with van der Waals surface area (Å²) < 4.78 is 5.00. The highest BCUT2D eigenvalue weighted by atomic mass is 16.5. The van der Waals surface area contributed by atoms with E-state index >= 15 is 0 Å². The molecule has 2 aromatic rings. The van der Waals surface area contributed by atoms with Crippen molar-refractivity contribution >= 4 is 11.9 Å². The van der Waals surface area contributed by atoms with Gasteiger partial charge in [-0.15, -0.1) is 5.10 Å². The largest absolute Gasteiger partial charge is 0.339 e. The van der Waals surface area contributed by atoms with Crippen molar-refractivity contribution in [2.45, 2.75) is 12.5 Å². The lowest BCUT2D eigenvalue weighted by Gasteiger charge is -2.01. The second kappa shape index (κ2) is 4.44. The fourth-order valence-electron chi connectivity index (χ4n) is 1.64. The number of hydrogen-bond acceptors (Lipinski definition) is 7. The minimum Gasteiger partial charge on any atom is -0.339 e. The van der Waals surface area contributed by atoms with E-state index in [2.05, 4.69) is 31.0 Å². The number of rotatable bonds is 3. The van der Waals surface area contributed by atoms with E-state index in [1.165, 1.54) is 6.20 Å². The molecule has 0 bridgehead atoms. The first-order chi connectivity index (χ1) is 9.22. The molecular weight excluding hydrogens is 252 g/mol. The van der Waals surface area contributed by atoms with Gasteiger partial charge in [0.15, 0.2) is 0 Å². The van der Waals surface area contributed by atoms with Crippen LogP contribution in [0.15, 0.2) is 22.9 Å². The number of amides is 3. The molecule has 9 heteroatoms. The molecule has 1 unspecified atom stereocenters. The SMILES string of the molecule is O=C1NC(=O)C(Cc2nc(-c3cccnn3)no2)N1. The number of nitrogens with one attached hydrogen (secondary N) is 2. The van der Waals surface area contributed by atoms with E-state index < -0.39 is 18.0 Å². The summed E-state index contributed by atoms with van der Waals surface area (Å²) in [6.45, 7) is 0. The van der Waals surface area contributed by atoms with Crippen molar-refractivity contribution < 1.29 is 14.1 Å². The predicted molar refractivity (Wildman–Crippen MR) is 59.5 cm³/mol. The van der Waals surface area contributed by atoms with Gasteiger partial charge in [0.05, 0.1) is 6.42 Å². The molecule has 96 valence electrons. The van der Waals surface area contributed by atoms with E-state index in [0.717, 1.165) is 0 Å². The number of urea groups is 1. The van der Waals surface area contributed by atoms with Gasteiger partial charge in [-0.05, 0) is 12.1 Å². The zero-order valence-corrected chi connectivity index (χ0v) is 9.53. The lowest BCUT2D eigenvalue weighted by molar-refractivity contribution is -0.120. The maximum Gasteiger partial charge on any atom is 0.322 e. The summed E-state index contributed by atoms with van der Waals surface area (Å²) in [7, 11) is 0. The molecule has 0 aliphatic carbocycles. The van der Waals surface area contributed by atoms with Crippen LogP contribution < -0.4 is 10.6 Å². The predicted octanol–water partition coefficient (Wildman–Crippen LogP) is -0.723. The zero-order chi connectivity index (χ0) is 13.2. The molecule has 2 N–H and O–H groups in total. The van der Waals surface area contributed by atoms with Crippen LogP contribution in [0.3, 0.4) is 0 Å². The normalized spacial score (nSPS) is 18.2. The third-order valence-electron chi connectivity index (χ3n) is 2.51. The second-order valence-electron chi connectivity index (χ2n) is 3.84. The fraction of sp³-hybridized carbons (Fsp3) is 0.200. The molecule has 1 aliphatic rings. The summed E-state index contributed by atoms with van der Waals surface area (Å²) >= 11 is 0. The van der Waals surface area contributed by atoms with Crippen molar-refractivity contribution in [3.05, 3.63) is 24.2 Å². The van der Waals surface area contributed by atoms with Crippen LogP contribution in [0.2, 0.25) is 0 Å². The van der Waals surface area contributed by atoms with E-state index in [1.54, 1.807) is 12.1 Å². The Bertz CT molecular complexity index is 625. The molecule has 0 radical (unpaired) electrons. The van der Waals surface area contributed by atoms with Gasteiger partial charge in [-0.3, -0.25) is 10.1 Å². The van der Waals surface area contributed by atoms with Crippen molar-refractivity contribution in [2.75, 3.05) is 0 Å². The van der Waals surface area contributed by atoms with Crippen molar-refractivity contribution in [2.24, 2.45) is 0 Å². The summed E-state index contributed by atoms with van der Waals surface area (Å²) in [6.07, 6.45) is 1.66. The number of nitrogens with zero attached hydrogens (tertiary/aromatic N) is 4. The second-order valence-corrected chi connectivity index (χ2v) is 3.84. The van der Waals surface area contributed by atoms with Crippen molar-refractivity contribution in [3.63, 3.8) is 0 Å². The summed E-state index contributed by atoms with van der Waals surface area (Å²) in [5.74, 6) is 0.111. The minimum atomic E-state index is -0.692. The molecule has 0 spiro atoms. The highest BCUT2D eigenvalue weighted by Gasteiger charge is 2.31. The summed E-state index contributed by atoms with van der Waals surface area (Å²) in [5.41, 5.74) is 0.470. The van der Waals surface area contributed by atoms with Gasteiger partial charge in [-0.25, -0.2) is 4.79 Å². The van der Waals surface area contributed by atoms with Crippen LogP contribution in [0.4, 0.5) is 4.79 Å². The molecule has 0 saturated carbocycles. The standard InChI is InChI=1S/C10H8N6O3/c17-9-6(12-10(18)14-9)4-7-13-8(16-19-7)5-2-1-3-11-15-5/h1-3,6H,4H2,(H2,12,14,17,18). The molecular formula is C10H8N6O3. The molecule has 3 amide bonds. The summed E-state index contributed by atoms with van der Waals surface area (Å²) in [4.78, 5) is 26.4. The lowest BCUT2D eigenvalue weighted by atomic mass is 10.2. The number of carbonyl (C=O) groups excluding carboxylic acids is 2. The Hall–Kier alpha value is -2.84. The summed E-state index contributed by atoms with van der Waals surface area (Å²) in [6, 6.07) is 2.17. The fourth-order valence-corrected chi connectivity index (χ4v) is 1.64. The Morgan fingerprint density at radius 1 is 1.37 bits per heavy atom. The van der Waals surface area contributed by atoms with E-state index in [1.807, 2.05) is 0 Å². The van der Waals surface area contributed by atoms with Crippen LogP contribution >= 0.6 is 0 Å². The van der Waals surface area contributed by atoms with Gasteiger partial charge in [0, 0.05) is 6.20 Å². The third kappa shape index (κ3) is 2.25. The van der Waals surface area contributed by atoms with Crippen LogP contribution in [-0.2, 0) is 11.2 Å². The molecule has 19 heavy (non-hydrogen) atoms. The van der Waals surface area contributed by atoms with E-state index in [9.17, 15) is 9.59 Å². The molecule has 1 atom stereocenters. The molecule has 1 fully saturated rings. The van der Waals surface area contributed by atoms with Crippen molar-refractivity contribution in [1.82, 2.24) is 31.0 Å². The van der Waals surface area contributed by atoms with E-state index in [-0.39, 0.29) is 18.1 Å². The van der Waals surface area contributed by atoms with Crippen molar-refractivity contribution in [3.8, 4) is 11.5 Å². The molecule has 9 nitrogen and oxygen atoms in total. The molecule has 3 heterocycles. The number of imide groups is 1. The number of aromatic nitrogens is 4. The van der Waals surface area contributed by atoms with Gasteiger partial charge in [0.1, 0.15) is 11.7 Å². The summed E-state index contributed by atoms with van der Waals surface area (Å²) in [5, 5.41) is 15.8. The maximum atomic E-state index is 11.4. The van der Waals surface area contributed by atoms with Crippen molar-refractivity contribution in [1.29, 1.82) is 0 Å². The monoisotopic (exact) mass is 260 g/mol. The van der Waals surface area contributed by atoms with E-state index in [0.29, 0.717) is 5.69 Å². The van der Waals surface area contributed by atoms with Gasteiger partial charge in [-0.1, -0.05) is 5.16 Å². The third-order valence-corrected chi connectivity index (χ3v) is 2.51. The first kappa shape index (κ1) is 11.3. The van der Waals surface area contributed by atoms with E-state index in [4.69, 9.17) is 4.52 Å².